The first-order valence-electron chi connectivity index (χ1n) is 6.61. The molecule has 1 aromatic carbocycles. The molecule has 0 aliphatic carbocycles. The molecule has 0 atom stereocenters. The quantitative estimate of drug-likeness (QED) is 0.621. The number of nitrogens with one attached hydrogen (secondary N) is 1. The number of rotatable bonds is 5. The maximum Gasteiger partial charge on any atom is 0.0727 e. The maximum atomic E-state index is 5.85. The number of nitrogen functional groups attached to an aromatic ring is 1. The standard InChI is InChI=1S/C15H21N3/c1-3-4-5-8-17-15-9-11(2)18-14-7-6-12(16)10-13(14)15/h6-7,9-10H,3-5,8,16H2,1-2H3,(H,17,18). The molecule has 1 aromatic heterocycles. The van der Waals surface area contributed by atoms with Gasteiger partial charge in [-0.2, -0.15) is 0 Å². The summed E-state index contributed by atoms with van der Waals surface area (Å²) in [6.45, 7) is 5.24. The zero-order valence-corrected chi connectivity index (χ0v) is 11.2. The van der Waals surface area contributed by atoms with Gasteiger partial charge in [-0.1, -0.05) is 19.8 Å². The van der Waals surface area contributed by atoms with E-state index in [0.717, 1.165) is 34.5 Å². The van der Waals surface area contributed by atoms with Crippen molar-refractivity contribution in [1.29, 1.82) is 0 Å². The smallest absolute Gasteiger partial charge is 0.0727 e. The van der Waals surface area contributed by atoms with Gasteiger partial charge in [0.2, 0.25) is 0 Å². The summed E-state index contributed by atoms with van der Waals surface area (Å²) >= 11 is 0. The van der Waals surface area contributed by atoms with E-state index in [2.05, 4.69) is 23.3 Å². The van der Waals surface area contributed by atoms with Crippen LogP contribution in [-0.2, 0) is 0 Å². The Morgan fingerprint density at radius 2 is 2.06 bits per heavy atom. The van der Waals surface area contributed by atoms with E-state index in [1.54, 1.807) is 0 Å². The second-order valence-corrected chi connectivity index (χ2v) is 4.72. The van der Waals surface area contributed by atoms with Crippen molar-refractivity contribution in [2.24, 2.45) is 0 Å². The Hall–Kier alpha value is -1.77. The lowest BCUT2D eigenvalue weighted by Crippen LogP contribution is -2.03. The van der Waals surface area contributed by atoms with Crippen molar-refractivity contribution in [3.63, 3.8) is 0 Å². The van der Waals surface area contributed by atoms with Crippen LogP contribution in [0.5, 0.6) is 0 Å². The topological polar surface area (TPSA) is 50.9 Å². The van der Waals surface area contributed by atoms with Crippen LogP contribution in [0.15, 0.2) is 24.3 Å². The van der Waals surface area contributed by atoms with Gasteiger partial charge in [-0.15, -0.1) is 0 Å². The first-order chi connectivity index (χ1) is 8.70. The Kier molecular flexibility index (Phi) is 4.03. The van der Waals surface area contributed by atoms with Crippen molar-refractivity contribution in [2.75, 3.05) is 17.6 Å². The van der Waals surface area contributed by atoms with Gasteiger partial charge in [0, 0.05) is 29.0 Å². The normalized spacial score (nSPS) is 10.8. The first kappa shape index (κ1) is 12.7. The van der Waals surface area contributed by atoms with Gasteiger partial charge in [-0.3, -0.25) is 4.98 Å². The highest BCUT2D eigenvalue weighted by Gasteiger charge is 2.04. The zero-order valence-electron chi connectivity index (χ0n) is 11.2. The summed E-state index contributed by atoms with van der Waals surface area (Å²) in [5, 5.41) is 4.60. The molecular weight excluding hydrogens is 222 g/mol. The summed E-state index contributed by atoms with van der Waals surface area (Å²) in [6, 6.07) is 7.96. The summed E-state index contributed by atoms with van der Waals surface area (Å²) in [7, 11) is 0. The maximum absolute atomic E-state index is 5.85. The van der Waals surface area contributed by atoms with E-state index in [1.807, 2.05) is 25.1 Å². The van der Waals surface area contributed by atoms with Crippen molar-refractivity contribution < 1.29 is 0 Å². The van der Waals surface area contributed by atoms with Gasteiger partial charge in [0.25, 0.3) is 0 Å². The number of aromatic nitrogens is 1. The van der Waals surface area contributed by atoms with Gasteiger partial charge < -0.3 is 11.1 Å². The van der Waals surface area contributed by atoms with Gasteiger partial charge in [-0.25, -0.2) is 0 Å². The number of fused-ring (bicyclic) bond motifs is 1. The Bertz CT molecular complexity index is 534. The van der Waals surface area contributed by atoms with Crippen molar-refractivity contribution in [3.05, 3.63) is 30.0 Å². The monoisotopic (exact) mass is 243 g/mol. The fraction of sp³-hybridized carbons (Fsp3) is 0.400. The lowest BCUT2D eigenvalue weighted by molar-refractivity contribution is 0.744. The molecule has 0 saturated heterocycles. The fourth-order valence-electron chi connectivity index (χ4n) is 2.12. The van der Waals surface area contributed by atoms with Gasteiger partial charge in [0.05, 0.1) is 5.52 Å². The molecule has 0 radical (unpaired) electrons. The summed E-state index contributed by atoms with van der Waals surface area (Å²) in [4.78, 5) is 4.53. The summed E-state index contributed by atoms with van der Waals surface area (Å²) in [6.07, 6.45) is 3.70. The van der Waals surface area contributed by atoms with Gasteiger partial charge in [-0.05, 0) is 37.6 Å². The van der Waals surface area contributed by atoms with Crippen LogP contribution in [0, 0.1) is 6.92 Å². The van der Waals surface area contributed by atoms with Crippen molar-refractivity contribution in [1.82, 2.24) is 4.98 Å². The zero-order chi connectivity index (χ0) is 13.0. The largest absolute Gasteiger partial charge is 0.399 e. The number of hydrogen-bond donors (Lipinski definition) is 2. The highest BCUT2D eigenvalue weighted by molar-refractivity contribution is 5.93. The number of aryl methyl sites for hydroxylation is 1. The molecule has 0 aliphatic heterocycles. The first-order valence-corrected chi connectivity index (χ1v) is 6.61. The van der Waals surface area contributed by atoms with Crippen molar-refractivity contribution in [3.8, 4) is 0 Å². The minimum Gasteiger partial charge on any atom is -0.399 e. The lowest BCUT2D eigenvalue weighted by atomic mass is 10.1. The molecule has 3 nitrogen and oxygen atoms in total. The predicted octanol–water partition coefficient (Wildman–Crippen LogP) is 3.73. The molecule has 18 heavy (non-hydrogen) atoms. The molecule has 0 bridgehead atoms. The SMILES string of the molecule is CCCCCNc1cc(C)nc2ccc(N)cc12. The van der Waals surface area contributed by atoms with E-state index in [9.17, 15) is 0 Å². The summed E-state index contributed by atoms with van der Waals surface area (Å²) in [5.74, 6) is 0. The van der Waals surface area contributed by atoms with Gasteiger partial charge in [0.1, 0.15) is 0 Å². The number of pyridine rings is 1. The second-order valence-electron chi connectivity index (χ2n) is 4.72. The third-order valence-electron chi connectivity index (χ3n) is 3.06. The Labute approximate surface area is 108 Å². The molecule has 0 amide bonds. The molecule has 0 fully saturated rings. The van der Waals surface area contributed by atoms with Crippen LogP contribution < -0.4 is 11.1 Å². The van der Waals surface area contributed by atoms with E-state index >= 15 is 0 Å². The third kappa shape index (κ3) is 2.92. The molecule has 2 aromatic rings. The van der Waals surface area contributed by atoms with Crippen LogP contribution in [0.3, 0.4) is 0 Å². The average Bonchev–Trinajstić information content (AvgIpc) is 2.35. The van der Waals surface area contributed by atoms with Crippen LogP contribution in [-0.4, -0.2) is 11.5 Å². The second kappa shape index (κ2) is 5.71. The summed E-state index contributed by atoms with van der Waals surface area (Å²) < 4.78 is 0. The van der Waals surface area contributed by atoms with Crippen LogP contribution in [0.4, 0.5) is 11.4 Å². The van der Waals surface area contributed by atoms with Crippen LogP contribution in [0.25, 0.3) is 10.9 Å². The summed E-state index contributed by atoms with van der Waals surface area (Å²) in [5.41, 5.74) is 9.81. The van der Waals surface area contributed by atoms with Crippen LogP contribution in [0.2, 0.25) is 0 Å². The van der Waals surface area contributed by atoms with Gasteiger partial charge in [0.15, 0.2) is 0 Å². The van der Waals surface area contributed by atoms with E-state index in [1.165, 1.54) is 19.3 Å². The minimum absolute atomic E-state index is 0.782. The molecule has 0 saturated carbocycles. The fourth-order valence-corrected chi connectivity index (χ4v) is 2.12. The van der Waals surface area contributed by atoms with E-state index in [0.29, 0.717) is 0 Å². The van der Waals surface area contributed by atoms with E-state index < -0.39 is 0 Å². The number of nitrogens with two attached hydrogens (primary N) is 1. The molecule has 1 heterocycles. The van der Waals surface area contributed by atoms with E-state index in [4.69, 9.17) is 5.73 Å². The molecule has 0 unspecified atom stereocenters. The molecule has 2 rings (SSSR count). The predicted molar refractivity (Wildman–Crippen MR) is 78.9 cm³/mol. The van der Waals surface area contributed by atoms with E-state index in [-0.39, 0.29) is 0 Å². The molecule has 0 spiro atoms. The number of anilines is 2. The molecule has 96 valence electrons. The molecule has 3 heteroatoms. The Morgan fingerprint density at radius 3 is 2.83 bits per heavy atom. The lowest BCUT2D eigenvalue weighted by Gasteiger charge is -2.11. The average molecular weight is 243 g/mol. The Morgan fingerprint density at radius 1 is 1.22 bits per heavy atom. The number of benzene rings is 1. The number of unbranched alkanes of at least 4 members (excludes halogenated alkanes) is 2. The molecular formula is C15H21N3. The highest BCUT2D eigenvalue weighted by atomic mass is 14.9. The highest BCUT2D eigenvalue weighted by Crippen LogP contribution is 2.25. The Balaban J connectivity index is 2.27. The number of nitrogens with zero attached hydrogens (tertiary/aromatic N) is 1. The van der Waals surface area contributed by atoms with Crippen LogP contribution >= 0.6 is 0 Å². The number of hydrogen-bond acceptors (Lipinski definition) is 3. The van der Waals surface area contributed by atoms with Gasteiger partial charge >= 0.3 is 0 Å². The van der Waals surface area contributed by atoms with Crippen molar-refractivity contribution in [2.45, 2.75) is 33.1 Å². The minimum atomic E-state index is 0.782. The molecule has 0 aliphatic rings. The third-order valence-corrected chi connectivity index (χ3v) is 3.06. The molecule has 3 N–H and O–H groups in total. The van der Waals surface area contributed by atoms with Crippen LogP contribution in [0.1, 0.15) is 31.9 Å². The van der Waals surface area contributed by atoms with Crippen molar-refractivity contribution >= 4 is 22.3 Å².